The highest BCUT2D eigenvalue weighted by Crippen LogP contribution is 2.36. The monoisotopic (exact) mass is 329 g/mol. The minimum absolute atomic E-state index is 0.169. The zero-order valence-electron chi connectivity index (χ0n) is 13.1. The summed E-state index contributed by atoms with van der Waals surface area (Å²) in [5.74, 6) is 0.835. The third-order valence-electron chi connectivity index (χ3n) is 4.00. The Kier molecular flexibility index (Phi) is 4.84. The van der Waals surface area contributed by atoms with Crippen LogP contribution < -0.4 is 15.5 Å². The van der Waals surface area contributed by atoms with Crippen LogP contribution in [-0.2, 0) is 0 Å². The molecule has 0 aromatic heterocycles. The summed E-state index contributed by atoms with van der Waals surface area (Å²) >= 11 is 6.01. The van der Waals surface area contributed by atoms with Gasteiger partial charge in [0.15, 0.2) is 0 Å². The zero-order valence-corrected chi connectivity index (χ0v) is 13.8. The van der Waals surface area contributed by atoms with Crippen LogP contribution in [-0.4, -0.2) is 19.4 Å². The van der Waals surface area contributed by atoms with Gasteiger partial charge in [0.25, 0.3) is 0 Å². The van der Waals surface area contributed by atoms with Crippen molar-refractivity contribution in [2.45, 2.75) is 18.9 Å². The molecule has 0 saturated carbocycles. The first-order chi connectivity index (χ1) is 11.2. The van der Waals surface area contributed by atoms with Gasteiger partial charge < -0.3 is 10.5 Å². The lowest BCUT2D eigenvalue weighted by Gasteiger charge is -2.24. The van der Waals surface area contributed by atoms with Gasteiger partial charge in [0.1, 0.15) is 5.75 Å². The Labute approximate surface area is 141 Å². The summed E-state index contributed by atoms with van der Waals surface area (Å²) in [6.45, 7) is 0.614. The molecule has 5 heteroatoms. The van der Waals surface area contributed by atoms with Crippen LogP contribution in [0, 0.1) is 0 Å². The van der Waals surface area contributed by atoms with E-state index in [-0.39, 0.29) is 6.04 Å². The number of nitrogens with zero attached hydrogens (tertiary/aromatic N) is 2. The molecule has 0 fully saturated rings. The molecule has 0 aliphatic carbocycles. The van der Waals surface area contributed by atoms with E-state index in [0.717, 1.165) is 35.0 Å². The molecule has 1 aliphatic rings. The molecule has 1 aliphatic heterocycles. The molecule has 4 nitrogen and oxygen atoms in total. The second-order valence-corrected chi connectivity index (χ2v) is 5.96. The van der Waals surface area contributed by atoms with Gasteiger partial charge in [-0.3, -0.25) is 5.01 Å². The van der Waals surface area contributed by atoms with Crippen molar-refractivity contribution in [3.63, 3.8) is 0 Å². The fraction of sp³-hybridized carbons (Fsp3) is 0.278. The maximum absolute atomic E-state index is 6.01. The SMILES string of the molecule is COc1ccc(N2N=C(CCN)CC2c2ccc(Cl)cc2)cc1. The lowest BCUT2D eigenvalue weighted by molar-refractivity contribution is 0.415. The summed E-state index contributed by atoms with van der Waals surface area (Å²) in [5, 5.41) is 7.58. The van der Waals surface area contributed by atoms with Crippen LogP contribution in [0.4, 0.5) is 5.69 Å². The number of hydrogen-bond acceptors (Lipinski definition) is 4. The van der Waals surface area contributed by atoms with Crippen LogP contribution in [0.2, 0.25) is 5.02 Å². The van der Waals surface area contributed by atoms with Crippen molar-refractivity contribution in [2.75, 3.05) is 18.7 Å². The summed E-state index contributed by atoms with van der Waals surface area (Å²) in [7, 11) is 1.67. The van der Waals surface area contributed by atoms with Crippen LogP contribution in [0.1, 0.15) is 24.4 Å². The third kappa shape index (κ3) is 3.49. The van der Waals surface area contributed by atoms with Gasteiger partial charge in [-0.05, 0) is 54.9 Å². The van der Waals surface area contributed by atoms with Gasteiger partial charge in [-0.15, -0.1) is 0 Å². The molecule has 0 bridgehead atoms. The van der Waals surface area contributed by atoms with Gasteiger partial charge >= 0.3 is 0 Å². The Balaban J connectivity index is 1.92. The standard InChI is InChI=1S/C18H20ClN3O/c1-23-17-8-6-16(7-9-17)22-18(12-15(21-22)10-11-20)13-2-4-14(19)5-3-13/h2-9,18H,10-12,20H2,1H3. The second-order valence-electron chi connectivity index (χ2n) is 5.52. The summed E-state index contributed by atoms with van der Waals surface area (Å²) in [5.41, 5.74) is 9.06. The van der Waals surface area contributed by atoms with E-state index >= 15 is 0 Å². The number of halogens is 1. The third-order valence-corrected chi connectivity index (χ3v) is 4.25. The fourth-order valence-corrected chi connectivity index (χ4v) is 2.93. The van der Waals surface area contributed by atoms with E-state index in [4.69, 9.17) is 27.2 Å². The molecule has 2 N–H and O–H groups in total. The van der Waals surface area contributed by atoms with E-state index in [2.05, 4.69) is 17.1 Å². The van der Waals surface area contributed by atoms with Crippen LogP contribution >= 0.6 is 11.6 Å². The molecular formula is C18H20ClN3O. The number of hydrazone groups is 1. The number of ether oxygens (including phenoxy) is 1. The van der Waals surface area contributed by atoms with Crippen molar-refractivity contribution < 1.29 is 4.74 Å². The Morgan fingerprint density at radius 1 is 1.17 bits per heavy atom. The predicted molar refractivity (Wildman–Crippen MR) is 95.4 cm³/mol. The highest BCUT2D eigenvalue weighted by atomic mass is 35.5. The maximum atomic E-state index is 6.01. The molecule has 1 unspecified atom stereocenters. The van der Waals surface area contributed by atoms with Gasteiger partial charge in [0.05, 0.1) is 18.8 Å². The Morgan fingerprint density at radius 2 is 1.87 bits per heavy atom. The molecule has 0 amide bonds. The molecule has 1 heterocycles. The quantitative estimate of drug-likeness (QED) is 0.901. The largest absolute Gasteiger partial charge is 0.497 e. The van der Waals surface area contributed by atoms with Crippen molar-refractivity contribution >= 4 is 23.0 Å². The van der Waals surface area contributed by atoms with Gasteiger partial charge in [0, 0.05) is 17.2 Å². The minimum Gasteiger partial charge on any atom is -0.497 e. The molecule has 0 radical (unpaired) electrons. The highest BCUT2D eigenvalue weighted by molar-refractivity contribution is 6.30. The normalized spacial score (nSPS) is 17.3. The molecule has 0 saturated heterocycles. The van der Waals surface area contributed by atoms with E-state index in [1.165, 1.54) is 5.56 Å². The first-order valence-electron chi connectivity index (χ1n) is 7.66. The average Bonchev–Trinajstić information content (AvgIpc) is 3.00. The summed E-state index contributed by atoms with van der Waals surface area (Å²) in [6.07, 6.45) is 1.70. The molecule has 23 heavy (non-hydrogen) atoms. The lowest BCUT2D eigenvalue weighted by atomic mass is 10.0. The van der Waals surface area contributed by atoms with E-state index in [0.29, 0.717) is 6.54 Å². The number of benzene rings is 2. The molecular weight excluding hydrogens is 310 g/mol. The van der Waals surface area contributed by atoms with Crippen LogP contribution in [0.15, 0.2) is 53.6 Å². The second kappa shape index (κ2) is 7.02. The Hall–Kier alpha value is -2.04. The van der Waals surface area contributed by atoms with Crippen molar-refractivity contribution in [3.8, 4) is 5.75 Å². The zero-order chi connectivity index (χ0) is 16.2. The van der Waals surface area contributed by atoms with Crippen molar-refractivity contribution in [1.82, 2.24) is 0 Å². The predicted octanol–water partition coefficient (Wildman–Crippen LogP) is 4.00. The summed E-state index contributed by atoms with van der Waals surface area (Å²) in [4.78, 5) is 0. The van der Waals surface area contributed by atoms with Crippen molar-refractivity contribution in [2.24, 2.45) is 10.8 Å². The Morgan fingerprint density at radius 3 is 2.48 bits per heavy atom. The van der Waals surface area contributed by atoms with Gasteiger partial charge in [-0.2, -0.15) is 5.10 Å². The van der Waals surface area contributed by atoms with Crippen LogP contribution in [0.3, 0.4) is 0 Å². The Bertz CT molecular complexity index is 682. The van der Waals surface area contributed by atoms with Gasteiger partial charge in [0.2, 0.25) is 0 Å². The van der Waals surface area contributed by atoms with E-state index in [9.17, 15) is 0 Å². The molecule has 3 rings (SSSR count). The molecule has 120 valence electrons. The first kappa shape index (κ1) is 15.8. The van der Waals surface area contributed by atoms with Crippen LogP contribution in [0.5, 0.6) is 5.75 Å². The molecule has 0 spiro atoms. The molecule has 1 atom stereocenters. The lowest BCUT2D eigenvalue weighted by Crippen LogP contribution is -2.18. The fourth-order valence-electron chi connectivity index (χ4n) is 2.81. The number of rotatable bonds is 5. The maximum Gasteiger partial charge on any atom is 0.119 e. The first-order valence-corrected chi connectivity index (χ1v) is 8.04. The van der Waals surface area contributed by atoms with Crippen LogP contribution in [0.25, 0.3) is 0 Å². The number of methoxy groups -OCH3 is 1. The average molecular weight is 330 g/mol. The van der Waals surface area contributed by atoms with E-state index in [1.807, 2.05) is 36.4 Å². The van der Waals surface area contributed by atoms with Crippen molar-refractivity contribution in [3.05, 3.63) is 59.1 Å². The van der Waals surface area contributed by atoms with Gasteiger partial charge in [-0.25, -0.2) is 0 Å². The van der Waals surface area contributed by atoms with E-state index < -0.39 is 0 Å². The number of hydrogen-bond donors (Lipinski definition) is 1. The van der Waals surface area contributed by atoms with E-state index in [1.54, 1.807) is 7.11 Å². The van der Waals surface area contributed by atoms with Crippen molar-refractivity contribution in [1.29, 1.82) is 0 Å². The number of nitrogens with two attached hydrogens (primary N) is 1. The molecule has 2 aromatic rings. The summed E-state index contributed by atoms with van der Waals surface area (Å²) in [6, 6.07) is 16.1. The summed E-state index contributed by atoms with van der Waals surface area (Å²) < 4.78 is 5.23. The minimum atomic E-state index is 0.169. The molecule has 2 aromatic carbocycles. The highest BCUT2D eigenvalue weighted by Gasteiger charge is 2.28. The van der Waals surface area contributed by atoms with Gasteiger partial charge in [-0.1, -0.05) is 23.7 Å². The topological polar surface area (TPSA) is 50.8 Å². The smallest absolute Gasteiger partial charge is 0.119 e. The number of anilines is 1.